The lowest BCUT2D eigenvalue weighted by Crippen LogP contribution is -2.32. The second kappa shape index (κ2) is 7.54. The van der Waals surface area contributed by atoms with Crippen LogP contribution < -0.4 is 5.32 Å². The summed E-state index contributed by atoms with van der Waals surface area (Å²) >= 11 is 0. The minimum atomic E-state index is -4.26. The third-order valence-electron chi connectivity index (χ3n) is 5.16. The van der Waals surface area contributed by atoms with Gasteiger partial charge in [0.15, 0.2) is 5.82 Å². The molecule has 11 heteroatoms. The molecule has 0 saturated heterocycles. The summed E-state index contributed by atoms with van der Waals surface area (Å²) < 4.78 is 54.9. The van der Waals surface area contributed by atoms with Gasteiger partial charge < -0.3 is 9.88 Å². The summed E-state index contributed by atoms with van der Waals surface area (Å²) in [7, 11) is 1.61. The van der Waals surface area contributed by atoms with E-state index in [0.29, 0.717) is 17.1 Å². The number of carbonyl (C=O) groups excluding carboxylic acids is 1. The van der Waals surface area contributed by atoms with Crippen molar-refractivity contribution in [2.75, 3.05) is 0 Å². The van der Waals surface area contributed by atoms with Crippen LogP contribution in [0.2, 0.25) is 0 Å². The Morgan fingerprint density at radius 3 is 2.67 bits per heavy atom. The molecule has 7 nitrogen and oxygen atoms in total. The van der Waals surface area contributed by atoms with Crippen molar-refractivity contribution in [3.8, 4) is 11.3 Å². The highest BCUT2D eigenvalue weighted by Crippen LogP contribution is 2.34. The Hall–Kier alpha value is -3.24. The summed E-state index contributed by atoms with van der Waals surface area (Å²) in [6.07, 6.45) is -4.52. The predicted octanol–water partition coefficient (Wildman–Crippen LogP) is 2.87. The first-order chi connectivity index (χ1) is 14.2. The van der Waals surface area contributed by atoms with Crippen LogP contribution in [0.15, 0.2) is 30.3 Å². The monoisotopic (exact) mass is 422 g/mol. The number of aromatic nitrogens is 5. The quantitative estimate of drug-likeness (QED) is 0.656. The van der Waals surface area contributed by atoms with Gasteiger partial charge in [-0.05, 0) is 36.8 Å². The molecular weight excluding hydrogens is 404 g/mol. The first-order valence-corrected chi connectivity index (χ1v) is 9.28. The highest BCUT2D eigenvalue weighted by molar-refractivity contribution is 5.93. The highest BCUT2D eigenvalue weighted by atomic mass is 19.4. The molecule has 0 spiro atoms. The van der Waals surface area contributed by atoms with Crippen LogP contribution in [-0.2, 0) is 26.6 Å². The van der Waals surface area contributed by atoms with E-state index in [9.17, 15) is 22.4 Å². The lowest BCUT2D eigenvalue weighted by atomic mass is 9.97. The zero-order valence-corrected chi connectivity index (χ0v) is 15.9. The summed E-state index contributed by atoms with van der Waals surface area (Å²) in [5, 5.41) is 14.8. The van der Waals surface area contributed by atoms with Crippen molar-refractivity contribution in [3.63, 3.8) is 0 Å². The largest absolute Gasteiger partial charge is 0.392 e. The topological polar surface area (TPSA) is 77.6 Å². The van der Waals surface area contributed by atoms with E-state index in [2.05, 4.69) is 20.6 Å². The Morgan fingerprint density at radius 1 is 1.23 bits per heavy atom. The van der Waals surface area contributed by atoms with Crippen molar-refractivity contribution in [2.45, 2.75) is 32.1 Å². The maximum absolute atomic E-state index is 13.1. The summed E-state index contributed by atoms with van der Waals surface area (Å²) in [6.45, 7) is 0.178. The van der Waals surface area contributed by atoms with Gasteiger partial charge in [0.25, 0.3) is 5.91 Å². The van der Waals surface area contributed by atoms with Gasteiger partial charge in [-0.1, -0.05) is 0 Å². The van der Waals surface area contributed by atoms with Gasteiger partial charge in [-0.25, -0.2) is 4.39 Å². The van der Waals surface area contributed by atoms with Crippen molar-refractivity contribution in [3.05, 3.63) is 53.5 Å². The molecule has 1 atom stereocenters. The van der Waals surface area contributed by atoms with E-state index in [4.69, 9.17) is 0 Å². The third-order valence-corrected chi connectivity index (χ3v) is 5.16. The molecule has 0 aliphatic carbocycles. The number of aryl methyl sites for hydroxylation is 1. The molecule has 1 N–H and O–H groups in total. The van der Waals surface area contributed by atoms with Crippen molar-refractivity contribution < 1.29 is 22.4 Å². The fourth-order valence-corrected chi connectivity index (χ4v) is 3.49. The first-order valence-electron chi connectivity index (χ1n) is 9.28. The Morgan fingerprint density at radius 2 is 1.97 bits per heavy atom. The number of alkyl halides is 3. The molecule has 158 valence electrons. The van der Waals surface area contributed by atoms with E-state index >= 15 is 0 Å². The van der Waals surface area contributed by atoms with Crippen molar-refractivity contribution in [1.29, 1.82) is 0 Å². The number of carbonyl (C=O) groups is 1. The van der Waals surface area contributed by atoms with Crippen LogP contribution in [0.25, 0.3) is 11.3 Å². The molecule has 0 unspecified atom stereocenters. The molecule has 0 saturated carbocycles. The molecule has 3 aromatic rings. The lowest BCUT2D eigenvalue weighted by Gasteiger charge is -2.25. The molecule has 1 amide bonds. The van der Waals surface area contributed by atoms with Gasteiger partial charge in [0.2, 0.25) is 0 Å². The second-order valence-electron chi connectivity index (χ2n) is 7.14. The average Bonchev–Trinajstić information content (AvgIpc) is 3.29. The molecular formula is C19H18F4N6O. The van der Waals surface area contributed by atoms with E-state index in [-0.39, 0.29) is 43.3 Å². The molecule has 3 heterocycles. The van der Waals surface area contributed by atoms with E-state index in [1.54, 1.807) is 29.8 Å². The number of fused-ring (bicyclic) bond motifs is 1. The summed E-state index contributed by atoms with van der Waals surface area (Å²) in [5.74, 6) is -1.53. The van der Waals surface area contributed by atoms with Gasteiger partial charge in [-0.15, -0.1) is 10.2 Å². The highest BCUT2D eigenvalue weighted by Gasteiger charge is 2.42. The van der Waals surface area contributed by atoms with Crippen LogP contribution in [-0.4, -0.2) is 36.6 Å². The molecule has 0 radical (unpaired) electrons. The average molecular weight is 422 g/mol. The molecule has 0 fully saturated rings. The molecule has 4 rings (SSSR count). The van der Waals surface area contributed by atoms with Gasteiger partial charge in [0.1, 0.15) is 17.3 Å². The standard InChI is InChI=1S/C19H18F4N6O/c1-28-15(9-14(27-28)11-2-4-13(20)5-3-11)18(30)24-10-17-26-25-16-8-12(19(21,22)23)6-7-29(16)17/h2-5,9,12H,6-8,10H2,1H3,(H,24,30)/t12-/m1/s1. The van der Waals surface area contributed by atoms with Gasteiger partial charge in [0.05, 0.1) is 18.2 Å². The van der Waals surface area contributed by atoms with Crippen LogP contribution in [0.4, 0.5) is 17.6 Å². The number of nitrogens with zero attached hydrogens (tertiary/aromatic N) is 5. The van der Waals surface area contributed by atoms with Crippen LogP contribution in [0, 0.1) is 11.7 Å². The fourth-order valence-electron chi connectivity index (χ4n) is 3.49. The Bertz CT molecular complexity index is 1070. The Kier molecular flexibility index (Phi) is 5.04. The number of nitrogens with one attached hydrogen (secondary N) is 1. The van der Waals surface area contributed by atoms with Crippen molar-refractivity contribution in [1.82, 2.24) is 29.9 Å². The zero-order chi connectivity index (χ0) is 21.5. The zero-order valence-electron chi connectivity index (χ0n) is 15.9. The SMILES string of the molecule is Cn1nc(-c2ccc(F)cc2)cc1C(=O)NCc1nnc2n1CC[C@@H](C(F)(F)F)C2. The third kappa shape index (κ3) is 3.91. The maximum atomic E-state index is 13.1. The Balaban J connectivity index is 1.44. The van der Waals surface area contributed by atoms with Crippen molar-refractivity contribution >= 4 is 5.91 Å². The van der Waals surface area contributed by atoms with E-state index in [1.165, 1.54) is 16.8 Å². The van der Waals surface area contributed by atoms with Gasteiger partial charge in [-0.3, -0.25) is 9.48 Å². The summed E-state index contributed by atoms with van der Waals surface area (Å²) in [6, 6.07) is 7.32. The summed E-state index contributed by atoms with van der Waals surface area (Å²) in [5.41, 5.74) is 1.46. The van der Waals surface area contributed by atoms with Crippen LogP contribution in [0.5, 0.6) is 0 Å². The van der Waals surface area contributed by atoms with Gasteiger partial charge in [-0.2, -0.15) is 18.3 Å². The molecule has 0 bridgehead atoms. The van der Waals surface area contributed by atoms with Crippen LogP contribution in [0.3, 0.4) is 0 Å². The molecule has 1 aromatic carbocycles. The minimum absolute atomic E-state index is 0.0274. The molecule has 1 aliphatic rings. The van der Waals surface area contributed by atoms with E-state index < -0.39 is 18.0 Å². The minimum Gasteiger partial charge on any atom is -0.343 e. The number of halogens is 4. The van der Waals surface area contributed by atoms with E-state index in [1.807, 2.05) is 0 Å². The molecule has 1 aliphatic heterocycles. The number of hydrogen-bond acceptors (Lipinski definition) is 4. The Labute approximate surface area is 168 Å². The second-order valence-corrected chi connectivity index (χ2v) is 7.14. The number of rotatable bonds is 4. The smallest absolute Gasteiger partial charge is 0.343 e. The fraction of sp³-hybridized carbons (Fsp3) is 0.368. The number of amides is 1. The molecule has 30 heavy (non-hydrogen) atoms. The first kappa shape index (κ1) is 20.0. The van der Waals surface area contributed by atoms with E-state index in [0.717, 1.165) is 0 Å². The number of hydrogen-bond donors (Lipinski definition) is 1. The van der Waals surface area contributed by atoms with Crippen LogP contribution in [0.1, 0.15) is 28.6 Å². The maximum Gasteiger partial charge on any atom is 0.392 e. The lowest BCUT2D eigenvalue weighted by molar-refractivity contribution is -0.179. The van der Waals surface area contributed by atoms with Crippen molar-refractivity contribution in [2.24, 2.45) is 13.0 Å². The van der Waals surface area contributed by atoms with Crippen LogP contribution >= 0.6 is 0 Å². The summed E-state index contributed by atoms with van der Waals surface area (Å²) in [4.78, 5) is 12.6. The van der Waals surface area contributed by atoms with Gasteiger partial charge in [0, 0.05) is 25.6 Å². The van der Waals surface area contributed by atoms with Gasteiger partial charge >= 0.3 is 6.18 Å². The molecule has 2 aromatic heterocycles. The predicted molar refractivity (Wildman–Crippen MR) is 97.7 cm³/mol. The number of benzene rings is 1. The normalized spacial score (nSPS) is 16.4.